The van der Waals surface area contributed by atoms with E-state index in [1.807, 2.05) is 6.92 Å². The predicted molar refractivity (Wildman–Crippen MR) is 81.5 cm³/mol. The SMILES string of the molecule is CCCCCC(C(=O)O)(C(=O)OCC)c1cccc(Cl)c1. The zero-order valence-corrected chi connectivity index (χ0v) is 13.2. The van der Waals surface area contributed by atoms with Crippen molar-refractivity contribution in [3.8, 4) is 0 Å². The van der Waals surface area contributed by atoms with Gasteiger partial charge in [-0.05, 0) is 31.0 Å². The molecule has 0 spiro atoms. The number of rotatable bonds is 8. The lowest BCUT2D eigenvalue weighted by atomic mass is 9.76. The molecule has 1 unspecified atom stereocenters. The molecule has 0 aliphatic carbocycles. The summed E-state index contributed by atoms with van der Waals surface area (Å²) >= 11 is 5.95. The average molecular weight is 313 g/mol. The van der Waals surface area contributed by atoms with E-state index in [0.717, 1.165) is 12.8 Å². The van der Waals surface area contributed by atoms with Gasteiger partial charge in [0.2, 0.25) is 0 Å². The van der Waals surface area contributed by atoms with Crippen molar-refractivity contribution in [3.63, 3.8) is 0 Å². The molecular weight excluding hydrogens is 292 g/mol. The number of carboxylic acid groups (broad SMARTS) is 1. The van der Waals surface area contributed by atoms with Gasteiger partial charge in [0.15, 0.2) is 5.41 Å². The predicted octanol–water partition coefficient (Wildman–Crippen LogP) is 3.81. The highest BCUT2D eigenvalue weighted by Gasteiger charge is 2.48. The molecule has 0 bridgehead atoms. The summed E-state index contributed by atoms with van der Waals surface area (Å²) in [6.45, 7) is 3.82. The average Bonchev–Trinajstić information content (AvgIpc) is 2.43. The van der Waals surface area contributed by atoms with Gasteiger partial charge in [-0.2, -0.15) is 0 Å². The third-order valence-corrected chi connectivity index (χ3v) is 3.70. The number of halogens is 1. The first-order chi connectivity index (χ1) is 9.98. The monoisotopic (exact) mass is 312 g/mol. The lowest BCUT2D eigenvalue weighted by Gasteiger charge is -2.27. The number of hydrogen-bond donors (Lipinski definition) is 1. The number of esters is 1. The molecule has 0 radical (unpaired) electrons. The van der Waals surface area contributed by atoms with Crippen LogP contribution in [-0.4, -0.2) is 23.7 Å². The van der Waals surface area contributed by atoms with Gasteiger partial charge in [0.25, 0.3) is 0 Å². The van der Waals surface area contributed by atoms with Crippen molar-refractivity contribution in [2.24, 2.45) is 0 Å². The first-order valence-corrected chi connectivity index (χ1v) is 7.53. The fourth-order valence-corrected chi connectivity index (χ4v) is 2.52. The number of hydrogen-bond acceptors (Lipinski definition) is 3. The molecule has 0 aliphatic rings. The van der Waals surface area contributed by atoms with Crippen molar-refractivity contribution >= 4 is 23.5 Å². The molecule has 5 heteroatoms. The van der Waals surface area contributed by atoms with Crippen LogP contribution in [0.1, 0.15) is 45.1 Å². The van der Waals surface area contributed by atoms with E-state index in [4.69, 9.17) is 16.3 Å². The number of unbranched alkanes of at least 4 members (excludes halogenated alkanes) is 2. The van der Waals surface area contributed by atoms with Gasteiger partial charge < -0.3 is 9.84 Å². The van der Waals surface area contributed by atoms with Gasteiger partial charge in [-0.25, -0.2) is 0 Å². The Labute approximate surface area is 130 Å². The van der Waals surface area contributed by atoms with Gasteiger partial charge in [0.05, 0.1) is 6.61 Å². The van der Waals surface area contributed by atoms with E-state index in [1.54, 1.807) is 25.1 Å². The molecule has 0 saturated heterocycles. The minimum Gasteiger partial charge on any atom is -0.480 e. The maximum absolute atomic E-state index is 12.4. The molecule has 0 heterocycles. The van der Waals surface area contributed by atoms with Crippen molar-refractivity contribution in [3.05, 3.63) is 34.9 Å². The lowest BCUT2D eigenvalue weighted by Crippen LogP contribution is -2.45. The topological polar surface area (TPSA) is 63.6 Å². The van der Waals surface area contributed by atoms with Gasteiger partial charge in [-0.15, -0.1) is 0 Å². The first kappa shape index (κ1) is 17.5. The quantitative estimate of drug-likeness (QED) is 0.450. The summed E-state index contributed by atoms with van der Waals surface area (Å²) in [7, 11) is 0. The van der Waals surface area contributed by atoms with Crippen molar-refractivity contribution in [2.45, 2.75) is 44.9 Å². The van der Waals surface area contributed by atoms with Gasteiger partial charge in [-0.1, -0.05) is 49.9 Å². The van der Waals surface area contributed by atoms with E-state index in [9.17, 15) is 14.7 Å². The number of carbonyl (C=O) groups is 2. The Morgan fingerprint density at radius 3 is 2.52 bits per heavy atom. The second-order valence-corrected chi connectivity index (χ2v) is 5.33. The second-order valence-electron chi connectivity index (χ2n) is 4.90. The van der Waals surface area contributed by atoms with Crippen LogP contribution in [0.3, 0.4) is 0 Å². The summed E-state index contributed by atoms with van der Waals surface area (Å²) < 4.78 is 5.03. The van der Waals surface area contributed by atoms with E-state index >= 15 is 0 Å². The summed E-state index contributed by atoms with van der Waals surface area (Å²) in [5, 5.41) is 10.1. The maximum atomic E-state index is 12.4. The molecule has 0 aromatic heterocycles. The normalized spacial score (nSPS) is 13.5. The highest BCUT2D eigenvalue weighted by molar-refractivity contribution is 6.30. The van der Waals surface area contributed by atoms with Crippen LogP contribution in [0.2, 0.25) is 5.02 Å². The molecule has 1 rings (SSSR count). The van der Waals surface area contributed by atoms with Gasteiger partial charge in [0.1, 0.15) is 0 Å². The molecule has 0 aliphatic heterocycles. The minimum atomic E-state index is -1.68. The van der Waals surface area contributed by atoms with E-state index < -0.39 is 17.4 Å². The lowest BCUT2D eigenvalue weighted by molar-refractivity contribution is -0.162. The van der Waals surface area contributed by atoms with Crippen molar-refractivity contribution < 1.29 is 19.4 Å². The zero-order chi connectivity index (χ0) is 15.9. The van der Waals surface area contributed by atoms with E-state index in [0.29, 0.717) is 17.0 Å². The van der Waals surface area contributed by atoms with Gasteiger partial charge in [-0.3, -0.25) is 9.59 Å². The van der Waals surface area contributed by atoms with Crippen molar-refractivity contribution in [2.75, 3.05) is 6.61 Å². The van der Waals surface area contributed by atoms with Crippen molar-refractivity contribution in [1.82, 2.24) is 0 Å². The van der Waals surface area contributed by atoms with Crippen LogP contribution in [0.15, 0.2) is 24.3 Å². The summed E-state index contributed by atoms with van der Waals surface area (Å²) in [4.78, 5) is 24.3. The Bertz CT molecular complexity index is 501. The van der Waals surface area contributed by atoms with Crippen LogP contribution >= 0.6 is 11.6 Å². The number of aliphatic carboxylic acids is 1. The third-order valence-electron chi connectivity index (χ3n) is 3.46. The molecular formula is C16H21ClO4. The van der Waals surface area contributed by atoms with E-state index in [-0.39, 0.29) is 13.0 Å². The Balaban J connectivity index is 3.29. The molecule has 1 N–H and O–H groups in total. The van der Waals surface area contributed by atoms with E-state index in [2.05, 4.69) is 0 Å². The maximum Gasteiger partial charge on any atom is 0.328 e. The van der Waals surface area contributed by atoms with Crippen LogP contribution in [-0.2, 0) is 19.7 Å². The number of benzene rings is 1. The Hall–Kier alpha value is -1.55. The number of carbonyl (C=O) groups excluding carboxylic acids is 1. The molecule has 4 nitrogen and oxygen atoms in total. The van der Waals surface area contributed by atoms with Crippen LogP contribution in [0.4, 0.5) is 0 Å². The summed E-state index contributed by atoms with van der Waals surface area (Å²) in [5.74, 6) is -1.92. The van der Waals surface area contributed by atoms with Crippen LogP contribution < -0.4 is 0 Å². The molecule has 1 atom stereocenters. The molecule has 0 amide bonds. The third kappa shape index (κ3) is 3.97. The van der Waals surface area contributed by atoms with Crippen LogP contribution in [0.5, 0.6) is 0 Å². The smallest absolute Gasteiger partial charge is 0.328 e. The highest BCUT2D eigenvalue weighted by Crippen LogP contribution is 2.34. The second kappa shape index (κ2) is 8.03. The molecule has 1 aromatic rings. The van der Waals surface area contributed by atoms with Crippen LogP contribution in [0, 0.1) is 0 Å². The number of carboxylic acids is 1. The Morgan fingerprint density at radius 2 is 2.00 bits per heavy atom. The van der Waals surface area contributed by atoms with Crippen molar-refractivity contribution in [1.29, 1.82) is 0 Å². The van der Waals surface area contributed by atoms with E-state index in [1.165, 1.54) is 6.07 Å². The first-order valence-electron chi connectivity index (χ1n) is 7.15. The Morgan fingerprint density at radius 1 is 1.29 bits per heavy atom. The summed E-state index contributed by atoms with van der Waals surface area (Å²) in [6.07, 6.45) is 2.63. The van der Waals surface area contributed by atoms with Gasteiger partial charge >= 0.3 is 11.9 Å². The molecule has 0 fully saturated rings. The largest absolute Gasteiger partial charge is 0.480 e. The molecule has 21 heavy (non-hydrogen) atoms. The van der Waals surface area contributed by atoms with Gasteiger partial charge in [0, 0.05) is 5.02 Å². The fraction of sp³-hybridized carbons (Fsp3) is 0.500. The highest BCUT2D eigenvalue weighted by atomic mass is 35.5. The number of ether oxygens (including phenoxy) is 1. The van der Waals surface area contributed by atoms with Crippen LogP contribution in [0.25, 0.3) is 0 Å². The fourth-order valence-electron chi connectivity index (χ4n) is 2.33. The zero-order valence-electron chi connectivity index (χ0n) is 12.4. The molecule has 1 aromatic carbocycles. The molecule has 0 saturated carbocycles. The standard InChI is InChI=1S/C16H21ClO4/c1-3-5-6-10-16(14(18)19,15(20)21-4-2)12-8-7-9-13(17)11-12/h7-9,11H,3-6,10H2,1-2H3,(H,18,19). The summed E-state index contributed by atoms with van der Waals surface area (Å²) in [6, 6.07) is 6.44. The molecule has 116 valence electrons. The summed E-state index contributed by atoms with van der Waals surface area (Å²) in [5.41, 5.74) is -1.31. The minimum absolute atomic E-state index is 0.141. The Kier molecular flexibility index (Phi) is 6.69.